The van der Waals surface area contributed by atoms with Gasteiger partial charge in [-0.1, -0.05) is 23.2 Å². The van der Waals surface area contributed by atoms with Crippen molar-refractivity contribution in [2.24, 2.45) is 0 Å². The first-order valence-corrected chi connectivity index (χ1v) is 9.07. The molecule has 140 valence electrons. The largest absolute Gasteiger partial charge is 0.495 e. The van der Waals surface area contributed by atoms with E-state index in [2.05, 4.69) is 10.3 Å². The Bertz CT molecular complexity index is 1020. The number of carbonyl (C=O) groups is 1. The Morgan fingerprint density at radius 2 is 2.00 bits per heavy atom. The number of methoxy groups -OCH3 is 1. The summed E-state index contributed by atoms with van der Waals surface area (Å²) >= 11 is 12.4. The lowest BCUT2D eigenvalue weighted by Crippen LogP contribution is -2.10. The molecule has 7 heteroatoms. The third-order valence-corrected chi connectivity index (χ3v) is 4.79. The van der Waals surface area contributed by atoms with Crippen LogP contribution in [0.4, 0.5) is 11.4 Å². The minimum atomic E-state index is -0.469. The molecule has 0 atom stereocenters. The zero-order valence-corrected chi connectivity index (χ0v) is 16.6. The van der Waals surface area contributed by atoms with Crippen LogP contribution in [-0.2, 0) is 4.74 Å². The number of nitrogens with one attached hydrogen (secondary N) is 1. The van der Waals surface area contributed by atoms with E-state index in [9.17, 15) is 4.79 Å². The number of anilines is 2. The first-order chi connectivity index (χ1) is 13.0. The van der Waals surface area contributed by atoms with Crippen molar-refractivity contribution in [3.63, 3.8) is 0 Å². The lowest BCUT2D eigenvalue weighted by atomic mass is 10.1. The summed E-state index contributed by atoms with van der Waals surface area (Å²) < 4.78 is 10.6. The first-order valence-electron chi connectivity index (χ1n) is 8.31. The Morgan fingerprint density at radius 3 is 2.70 bits per heavy atom. The van der Waals surface area contributed by atoms with Crippen LogP contribution in [0.2, 0.25) is 10.0 Å². The van der Waals surface area contributed by atoms with Crippen molar-refractivity contribution >= 4 is 51.4 Å². The summed E-state index contributed by atoms with van der Waals surface area (Å²) in [6, 6.07) is 8.80. The van der Waals surface area contributed by atoms with Gasteiger partial charge in [0, 0.05) is 21.6 Å². The zero-order valence-electron chi connectivity index (χ0n) is 15.1. The highest BCUT2D eigenvalue weighted by Gasteiger charge is 2.19. The van der Waals surface area contributed by atoms with Crippen LogP contribution < -0.4 is 10.1 Å². The molecule has 3 aromatic rings. The first kappa shape index (κ1) is 19.3. The van der Waals surface area contributed by atoms with Gasteiger partial charge in [0.2, 0.25) is 0 Å². The zero-order chi connectivity index (χ0) is 19.6. The van der Waals surface area contributed by atoms with Crippen LogP contribution in [0.15, 0.2) is 36.5 Å². The number of hydrogen-bond donors (Lipinski definition) is 1. The van der Waals surface area contributed by atoms with E-state index in [1.54, 1.807) is 38.3 Å². The molecule has 27 heavy (non-hydrogen) atoms. The summed E-state index contributed by atoms with van der Waals surface area (Å²) in [6.45, 7) is 3.89. The van der Waals surface area contributed by atoms with E-state index in [4.69, 9.17) is 32.7 Å². The van der Waals surface area contributed by atoms with E-state index >= 15 is 0 Å². The molecule has 1 aromatic heterocycles. The molecule has 0 unspecified atom stereocenters. The quantitative estimate of drug-likeness (QED) is 0.546. The Hall–Kier alpha value is -2.50. The number of rotatable bonds is 5. The number of benzene rings is 2. The summed E-state index contributed by atoms with van der Waals surface area (Å²) in [4.78, 5) is 16.9. The summed E-state index contributed by atoms with van der Waals surface area (Å²) in [7, 11) is 1.56. The van der Waals surface area contributed by atoms with Crippen molar-refractivity contribution in [3.8, 4) is 5.75 Å². The molecule has 1 heterocycles. The van der Waals surface area contributed by atoms with Gasteiger partial charge >= 0.3 is 5.97 Å². The van der Waals surface area contributed by atoms with Gasteiger partial charge in [0.25, 0.3) is 0 Å². The van der Waals surface area contributed by atoms with Crippen molar-refractivity contribution in [2.45, 2.75) is 13.8 Å². The molecule has 3 rings (SSSR count). The molecular formula is C20H18Cl2N2O3. The Balaban J connectivity index is 2.25. The summed E-state index contributed by atoms with van der Waals surface area (Å²) in [5.41, 5.74) is 3.01. The van der Waals surface area contributed by atoms with Crippen molar-refractivity contribution < 1.29 is 14.3 Å². The van der Waals surface area contributed by atoms with Crippen LogP contribution in [0.1, 0.15) is 22.8 Å². The van der Waals surface area contributed by atoms with Gasteiger partial charge in [-0.05, 0) is 49.7 Å². The predicted molar refractivity (Wildman–Crippen MR) is 109 cm³/mol. The molecule has 0 radical (unpaired) electrons. The normalized spacial score (nSPS) is 10.7. The number of hydrogen-bond acceptors (Lipinski definition) is 5. The fourth-order valence-electron chi connectivity index (χ4n) is 2.79. The number of pyridine rings is 1. The fraction of sp³-hybridized carbons (Fsp3) is 0.200. The smallest absolute Gasteiger partial charge is 0.341 e. The van der Waals surface area contributed by atoms with Crippen LogP contribution >= 0.6 is 23.2 Å². The molecule has 0 amide bonds. The second-order valence-electron chi connectivity index (χ2n) is 5.81. The molecule has 0 saturated heterocycles. The lowest BCUT2D eigenvalue weighted by Gasteiger charge is -2.17. The summed E-state index contributed by atoms with van der Waals surface area (Å²) in [5.74, 6) is 0.118. The standard InChI is InChI=1S/C20H18Cl2N2O3/c1-4-27-20(25)14-10-23-18-11(2)15(22)7-6-13(18)19(14)24-16-9-12(21)5-8-17(16)26-3/h5-10H,4H2,1-3H3,(H,23,24). The van der Waals surface area contributed by atoms with Gasteiger partial charge in [0.1, 0.15) is 11.3 Å². The van der Waals surface area contributed by atoms with E-state index in [0.29, 0.717) is 38.2 Å². The number of aryl methyl sites for hydroxylation is 1. The summed E-state index contributed by atoms with van der Waals surface area (Å²) in [5, 5.41) is 5.15. The van der Waals surface area contributed by atoms with Gasteiger partial charge in [0.05, 0.1) is 30.6 Å². The Kier molecular flexibility index (Phi) is 5.73. The molecule has 0 saturated carbocycles. The molecule has 0 aliphatic carbocycles. The SMILES string of the molecule is CCOC(=O)c1cnc2c(C)c(Cl)ccc2c1Nc1cc(Cl)ccc1OC. The number of ether oxygens (including phenoxy) is 2. The van der Waals surface area contributed by atoms with E-state index in [-0.39, 0.29) is 6.61 Å². The molecule has 0 bridgehead atoms. The van der Waals surface area contributed by atoms with Crippen molar-refractivity contribution in [2.75, 3.05) is 19.0 Å². The number of aromatic nitrogens is 1. The average molecular weight is 405 g/mol. The lowest BCUT2D eigenvalue weighted by molar-refractivity contribution is 0.0527. The highest BCUT2D eigenvalue weighted by molar-refractivity contribution is 6.32. The molecular weight excluding hydrogens is 387 g/mol. The van der Waals surface area contributed by atoms with E-state index < -0.39 is 5.97 Å². The van der Waals surface area contributed by atoms with E-state index in [1.807, 2.05) is 13.0 Å². The van der Waals surface area contributed by atoms with Gasteiger partial charge in [-0.25, -0.2) is 4.79 Å². The van der Waals surface area contributed by atoms with Gasteiger partial charge in [-0.2, -0.15) is 0 Å². The maximum Gasteiger partial charge on any atom is 0.341 e. The number of nitrogens with zero attached hydrogens (tertiary/aromatic N) is 1. The topological polar surface area (TPSA) is 60.5 Å². The van der Waals surface area contributed by atoms with Crippen LogP contribution in [0.25, 0.3) is 10.9 Å². The molecule has 5 nitrogen and oxygen atoms in total. The minimum absolute atomic E-state index is 0.260. The highest BCUT2D eigenvalue weighted by Crippen LogP contribution is 2.37. The molecule has 2 aromatic carbocycles. The van der Waals surface area contributed by atoms with Crippen LogP contribution in [0.5, 0.6) is 5.75 Å². The van der Waals surface area contributed by atoms with Gasteiger partial charge in [-0.3, -0.25) is 4.98 Å². The minimum Gasteiger partial charge on any atom is -0.495 e. The maximum absolute atomic E-state index is 12.5. The molecule has 1 N–H and O–H groups in total. The third-order valence-electron chi connectivity index (χ3n) is 4.14. The van der Waals surface area contributed by atoms with Crippen LogP contribution in [-0.4, -0.2) is 24.7 Å². The van der Waals surface area contributed by atoms with E-state index in [1.165, 1.54) is 6.20 Å². The number of fused-ring (bicyclic) bond motifs is 1. The van der Waals surface area contributed by atoms with Gasteiger partial charge in [-0.15, -0.1) is 0 Å². The average Bonchev–Trinajstić information content (AvgIpc) is 2.65. The Morgan fingerprint density at radius 1 is 1.22 bits per heavy atom. The number of esters is 1. The van der Waals surface area contributed by atoms with Gasteiger partial charge in [0.15, 0.2) is 0 Å². The van der Waals surface area contributed by atoms with Crippen LogP contribution in [0, 0.1) is 6.92 Å². The molecule has 0 aliphatic rings. The predicted octanol–water partition coefficient (Wildman–Crippen LogP) is 5.78. The maximum atomic E-state index is 12.5. The van der Waals surface area contributed by atoms with Crippen LogP contribution in [0.3, 0.4) is 0 Å². The van der Waals surface area contributed by atoms with Gasteiger partial charge < -0.3 is 14.8 Å². The summed E-state index contributed by atoms with van der Waals surface area (Å²) in [6.07, 6.45) is 1.49. The highest BCUT2D eigenvalue weighted by atomic mass is 35.5. The molecule has 0 fully saturated rings. The Labute approximate surface area is 167 Å². The van der Waals surface area contributed by atoms with Crippen molar-refractivity contribution in [1.82, 2.24) is 4.98 Å². The second kappa shape index (κ2) is 8.03. The van der Waals surface area contributed by atoms with E-state index in [0.717, 1.165) is 10.9 Å². The molecule has 0 aliphatic heterocycles. The van der Waals surface area contributed by atoms with Crippen molar-refractivity contribution in [1.29, 1.82) is 0 Å². The number of halogens is 2. The van der Waals surface area contributed by atoms with Crippen molar-refractivity contribution in [3.05, 3.63) is 57.7 Å². The number of carbonyl (C=O) groups excluding carboxylic acids is 1. The second-order valence-corrected chi connectivity index (χ2v) is 6.65. The fourth-order valence-corrected chi connectivity index (χ4v) is 3.12. The monoisotopic (exact) mass is 404 g/mol. The third kappa shape index (κ3) is 3.80. The molecule has 0 spiro atoms.